The first-order chi connectivity index (χ1) is 9.24. The van der Waals surface area contributed by atoms with Crippen LogP contribution in [0.2, 0.25) is 0 Å². The number of aryl methyl sites for hydroxylation is 1. The van der Waals surface area contributed by atoms with E-state index in [9.17, 15) is 0 Å². The Kier molecular flexibility index (Phi) is 5.00. The number of nitrogens with one attached hydrogen (secondary N) is 1. The molecule has 0 aliphatic heterocycles. The molecule has 0 radical (unpaired) electrons. The van der Waals surface area contributed by atoms with Gasteiger partial charge in [0.2, 0.25) is 5.88 Å². The highest BCUT2D eigenvalue weighted by Gasteiger charge is 2.18. The summed E-state index contributed by atoms with van der Waals surface area (Å²) in [7, 11) is 1.89. The van der Waals surface area contributed by atoms with Crippen molar-refractivity contribution in [1.29, 1.82) is 0 Å². The Balaban J connectivity index is 2.01. The normalized spacial score (nSPS) is 15.1. The predicted molar refractivity (Wildman–Crippen MR) is 77.8 cm³/mol. The zero-order valence-electron chi connectivity index (χ0n) is 12.3. The molecule has 0 atom stereocenters. The van der Waals surface area contributed by atoms with Gasteiger partial charge < -0.3 is 10.1 Å². The Bertz CT molecular complexity index is 416. The van der Waals surface area contributed by atoms with Gasteiger partial charge in [-0.15, -0.1) is 0 Å². The molecule has 0 spiro atoms. The molecule has 1 heterocycles. The van der Waals surface area contributed by atoms with Crippen molar-refractivity contribution in [2.45, 2.75) is 52.4 Å². The molecule has 1 aromatic heterocycles. The van der Waals surface area contributed by atoms with E-state index in [-0.39, 0.29) is 0 Å². The number of rotatable bonds is 7. The van der Waals surface area contributed by atoms with Crippen LogP contribution in [0.1, 0.15) is 50.4 Å². The van der Waals surface area contributed by atoms with Crippen LogP contribution in [-0.4, -0.2) is 23.6 Å². The molecule has 1 saturated carbocycles. The lowest BCUT2D eigenvalue weighted by molar-refractivity contribution is 0.216. The molecule has 0 aromatic carbocycles. The van der Waals surface area contributed by atoms with Crippen molar-refractivity contribution >= 4 is 5.82 Å². The van der Waals surface area contributed by atoms with Gasteiger partial charge in [0, 0.05) is 13.5 Å². The van der Waals surface area contributed by atoms with Gasteiger partial charge in [-0.2, -0.15) is 4.98 Å². The Hall–Kier alpha value is -1.32. The molecular weight excluding hydrogens is 238 g/mol. The minimum atomic E-state index is 0.752. The van der Waals surface area contributed by atoms with Crippen molar-refractivity contribution in [1.82, 2.24) is 9.97 Å². The summed E-state index contributed by atoms with van der Waals surface area (Å²) in [6.45, 7) is 4.93. The third-order valence-corrected chi connectivity index (χ3v) is 3.85. The van der Waals surface area contributed by atoms with Crippen LogP contribution in [0.4, 0.5) is 5.82 Å². The van der Waals surface area contributed by atoms with E-state index < -0.39 is 0 Å². The Labute approximate surface area is 116 Å². The largest absolute Gasteiger partial charge is 0.477 e. The minimum absolute atomic E-state index is 0.752. The summed E-state index contributed by atoms with van der Waals surface area (Å²) in [6, 6.07) is 0. The van der Waals surface area contributed by atoms with Gasteiger partial charge in [-0.3, -0.25) is 0 Å². The Morgan fingerprint density at radius 1 is 1.32 bits per heavy atom. The van der Waals surface area contributed by atoms with Gasteiger partial charge in [0.15, 0.2) is 0 Å². The van der Waals surface area contributed by atoms with E-state index in [1.54, 1.807) is 0 Å². The second kappa shape index (κ2) is 6.73. The lowest BCUT2D eigenvalue weighted by Gasteiger charge is -2.25. The SMILES string of the molecule is CCCc1nc(NC)c(C)c(OCCC2CCC2)n1. The molecule has 4 nitrogen and oxygen atoms in total. The number of anilines is 1. The molecule has 1 aromatic rings. The number of hydrogen-bond acceptors (Lipinski definition) is 4. The quantitative estimate of drug-likeness (QED) is 0.819. The molecule has 0 unspecified atom stereocenters. The first kappa shape index (κ1) is 14.1. The van der Waals surface area contributed by atoms with Gasteiger partial charge in [-0.05, 0) is 25.7 Å². The van der Waals surface area contributed by atoms with E-state index in [1.165, 1.54) is 19.3 Å². The molecule has 0 saturated heterocycles. The molecule has 1 fully saturated rings. The van der Waals surface area contributed by atoms with Crippen LogP contribution in [0.15, 0.2) is 0 Å². The highest BCUT2D eigenvalue weighted by atomic mass is 16.5. The fraction of sp³-hybridized carbons (Fsp3) is 0.733. The van der Waals surface area contributed by atoms with Gasteiger partial charge in [-0.1, -0.05) is 26.2 Å². The second-order valence-electron chi connectivity index (χ2n) is 5.35. The average Bonchev–Trinajstić information content (AvgIpc) is 2.35. The van der Waals surface area contributed by atoms with E-state index in [1.807, 2.05) is 14.0 Å². The number of hydrogen-bond donors (Lipinski definition) is 1. The predicted octanol–water partition coefficient (Wildman–Crippen LogP) is 3.35. The molecule has 106 valence electrons. The summed E-state index contributed by atoms with van der Waals surface area (Å²) < 4.78 is 5.88. The monoisotopic (exact) mass is 263 g/mol. The van der Waals surface area contributed by atoms with Crippen molar-refractivity contribution in [3.63, 3.8) is 0 Å². The first-order valence-electron chi connectivity index (χ1n) is 7.42. The maximum Gasteiger partial charge on any atom is 0.221 e. The van der Waals surface area contributed by atoms with Gasteiger partial charge in [0.05, 0.1) is 12.2 Å². The summed E-state index contributed by atoms with van der Waals surface area (Å²) >= 11 is 0. The summed E-state index contributed by atoms with van der Waals surface area (Å²) in [5, 5.41) is 3.12. The molecule has 0 bridgehead atoms. The van der Waals surface area contributed by atoms with Crippen LogP contribution >= 0.6 is 0 Å². The zero-order chi connectivity index (χ0) is 13.7. The average molecular weight is 263 g/mol. The van der Waals surface area contributed by atoms with E-state index in [4.69, 9.17) is 4.74 Å². The molecule has 2 rings (SSSR count). The van der Waals surface area contributed by atoms with E-state index in [0.29, 0.717) is 0 Å². The summed E-state index contributed by atoms with van der Waals surface area (Å²) in [6.07, 6.45) is 7.23. The zero-order valence-corrected chi connectivity index (χ0v) is 12.3. The number of ether oxygens (including phenoxy) is 1. The summed E-state index contributed by atoms with van der Waals surface area (Å²) in [5.74, 6) is 3.39. The number of aromatic nitrogens is 2. The van der Waals surface area contributed by atoms with Gasteiger partial charge in [-0.25, -0.2) is 4.98 Å². The van der Waals surface area contributed by atoms with Crippen LogP contribution in [0.25, 0.3) is 0 Å². The molecule has 19 heavy (non-hydrogen) atoms. The van der Waals surface area contributed by atoms with Crippen molar-refractivity contribution in [2.75, 3.05) is 19.0 Å². The van der Waals surface area contributed by atoms with Crippen LogP contribution in [0, 0.1) is 12.8 Å². The lowest BCUT2D eigenvalue weighted by atomic mass is 9.83. The standard InChI is InChI=1S/C15H25N3O/c1-4-6-13-17-14(16-3)11(2)15(18-13)19-10-9-12-7-5-8-12/h12H,4-10H2,1-3H3,(H,16,17,18). The molecule has 1 aliphatic rings. The number of nitrogens with zero attached hydrogens (tertiary/aromatic N) is 2. The third-order valence-electron chi connectivity index (χ3n) is 3.85. The van der Waals surface area contributed by atoms with Crippen molar-refractivity contribution in [2.24, 2.45) is 5.92 Å². The second-order valence-corrected chi connectivity index (χ2v) is 5.35. The topological polar surface area (TPSA) is 47.0 Å². The van der Waals surface area contributed by atoms with Crippen LogP contribution in [0.5, 0.6) is 5.88 Å². The Morgan fingerprint density at radius 2 is 2.11 bits per heavy atom. The van der Waals surface area contributed by atoms with Crippen molar-refractivity contribution in [3.05, 3.63) is 11.4 Å². The van der Waals surface area contributed by atoms with Crippen LogP contribution in [0.3, 0.4) is 0 Å². The summed E-state index contributed by atoms with van der Waals surface area (Å²) in [5.41, 5.74) is 1.01. The van der Waals surface area contributed by atoms with Gasteiger partial charge >= 0.3 is 0 Å². The van der Waals surface area contributed by atoms with E-state index in [2.05, 4.69) is 22.2 Å². The Morgan fingerprint density at radius 3 is 2.68 bits per heavy atom. The maximum atomic E-state index is 5.88. The summed E-state index contributed by atoms with van der Waals surface area (Å²) in [4.78, 5) is 9.05. The fourth-order valence-electron chi connectivity index (χ4n) is 2.36. The van der Waals surface area contributed by atoms with Crippen molar-refractivity contribution in [3.8, 4) is 5.88 Å². The highest BCUT2D eigenvalue weighted by Crippen LogP contribution is 2.30. The van der Waals surface area contributed by atoms with E-state index >= 15 is 0 Å². The molecule has 1 N–H and O–H groups in total. The lowest BCUT2D eigenvalue weighted by Crippen LogP contribution is -2.15. The fourth-order valence-corrected chi connectivity index (χ4v) is 2.36. The highest BCUT2D eigenvalue weighted by molar-refractivity contribution is 5.48. The van der Waals surface area contributed by atoms with Crippen LogP contribution < -0.4 is 10.1 Å². The molecule has 4 heteroatoms. The first-order valence-corrected chi connectivity index (χ1v) is 7.42. The maximum absolute atomic E-state index is 5.88. The van der Waals surface area contributed by atoms with Gasteiger partial charge in [0.1, 0.15) is 11.6 Å². The van der Waals surface area contributed by atoms with E-state index in [0.717, 1.165) is 54.9 Å². The third kappa shape index (κ3) is 3.58. The smallest absolute Gasteiger partial charge is 0.221 e. The van der Waals surface area contributed by atoms with Crippen molar-refractivity contribution < 1.29 is 4.74 Å². The van der Waals surface area contributed by atoms with Crippen LogP contribution in [-0.2, 0) is 6.42 Å². The molecule has 0 amide bonds. The van der Waals surface area contributed by atoms with Gasteiger partial charge in [0.25, 0.3) is 0 Å². The minimum Gasteiger partial charge on any atom is -0.477 e. The molecule has 1 aliphatic carbocycles. The molecular formula is C15H25N3O.